The third-order valence-corrected chi connectivity index (χ3v) is 4.74. The molecule has 0 bridgehead atoms. The molecule has 1 aromatic carbocycles. The fraction of sp³-hybridized carbons (Fsp3) is 0.500. The predicted molar refractivity (Wildman–Crippen MR) is 87.2 cm³/mol. The molecule has 1 aliphatic rings. The zero-order valence-electron chi connectivity index (χ0n) is 13.1. The molecule has 1 fully saturated rings. The van der Waals surface area contributed by atoms with Gasteiger partial charge in [-0.1, -0.05) is 0 Å². The van der Waals surface area contributed by atoms with Gasteiger partial charge in [-0.15, -0.1) is 11.8 Å². The highest BCUT2D eigenvalue weighted by Crippen LogP contribution is 2.22. The van der Waals surface area contributed by atoms with Gasteiger partial charge in [0.2, 0.25) is 11.8 Å². The molecule has 1 saturated heterocycles. The Morgan fingerprint density at radius 3 is 2.23 bits per heavy atom. The first-order valence-corrected chi connectivity index (χ1v) is 8.39. The first-order chi connectivity index (χ1) is 10.6. The van der Waals surface area contributed by atoms with Crippen molar-refractivity contribution in [3.8, 4) is 5.75 Å². The van der Waals surface area contributed by atoms with E-state index in [-0.39, 0.29) is 11.8 Å². The van der Waals surface area contributed by atoms with Crippen molar-refractivity contribution in [1.29, 1.82) is 0 Å². The number of hydrogen-bond donors (Lipinski definition) is 0. The number of nitrogens with zero attached hydrogens (tertiary/aromatic N) is 2. The van der Waals surface area contributed by atoms with E-state index in [0.29, 0.717) is 32.6 Å². The van der Waals surface area contributed by atoms with Gasteiger partial charge >= 0.3 is 0 Å². The van der Waals surface area contributed by atoms with Crippen molar-refractivity contribution >= 4 is 23.6 Å². The maximum Gasteiger partial charge on any atom is 0.223 e. The second-order valence-electron chi connectivity index (χ2n) is 5.16. The average Bonchev–Trinajstić information content (AvgIpc) is 2.55. The molecule has 2 rings (SSSR count). The summed E-state index contributed by atoms with van der Waals surface area (Å²) in [6.07, 6.45) is 0.525. The Hall–Kier alpha value is -1.69. The quantitative estimate of drug-likeness (QED) is 0.777. The number of carbonyl (C=O) groups excluding carboxylic acids is 2. The molecule has 0 N–H and O–H groups in total. The van der Waals surface area contributed by atoms with Crippen LogP contribution in [0.1, 0.15) is 13.3 Å². The normalized spacial score (nSPS) is 14.8. The van der Waals surface area contributed by atoms with E-state index < -0.39 is 0 Å². The highest BCUT2D eigenvalue weighted by molar-refractivity contribution is 7.99. The maximum absolute atomic E-state index is 12.2. The van der Waals surface area contributed by atoms with E-state index in [1.165, 1.54) is 0 Å². The van der Waals surface area contributed by atoms with Gasteiger partial charge < -0.3 is 14.5 Å². The lowest BCUT2D eigenvalue weighted by Crippen LogP contribution is -2.50. The minimum absolute atomic E-state index is 0.0853. The Bertz CT molecular complexity index is 511. The summed E-state index contributed by atoms with van der Waals surface area (Å²) < 4.78 is 5.12. The number of piperazine rings is 1. The summed E-state index contributed by atoms with van der Waals surface area (Å²) in [6.45, 7) is 4.15. The van der Waals surface area contributed by atoms with Crippen LogP contribution in [-0.4, -0.2) is 60.7 Å². The van der Waals surface area contributed by atoms with E-state index in [4.69, 9.17) is 4.74 Å². The minimum atomic E-state index is 0.0853. The van der Waals surface area contributed by atoms with Gasteiger partial charge in [0.05, 0.1) is 7.11 Å². The Balaban J connectivity index is 1.70. The van der Waals surface area contributed by atoms with Crippen LogP contribution in [-0.2, 0) is 9.59 Å². The lowest BCUT2D eigenvalue weighted by Gasteiger charge is -2.34. The van der Waals surface area contributed by atoms with Gasteiger partial charge in [-0.05, 0) is 24.3 Å². The highest BCUT2D eigenvalue weighted by atomic mass is 32.2. The van der Waals surface area contributed by atoms with Crippen molar-refractivity contribution in [3.63, 3.8) is 0 Å². The minimum Gasteiger partial charge on any atom is -0.497 e. The molecule has 1 heterocycles. The second-order valence-corrected chi connectivity index (χ2v) is 6.33. The monoisotopic (exact) mass is 322 g/mol. The third kappa shape index (κ3) is 4.66. The van der Waals surface area contributed by atoms with Gasteiger partial charge in [-0.3, -0.25) is 9.59 Å². The molecule has 0 saturated carbocycles. The first-order valence-electron chi connectivity index (χ1n) is 7.40. The van der Waals surface area contributed by atoms with Gasteiger partial charge in [0.25, 0.3) is 0 Å². The molecule has 1 aromatic rings. The molecule has 5 nitrogen and oxygen atoms in total. The summed E-state index contributed by atoms with van der Waals surface area (Å²) in [7, 11) is 1.65. The van der Waals surface area contributed by atoms with E-state index in [2.05, 4.69) is 0 Å². The Kier molecular flexibility index (Phi) is 6.12. The molecule has 0 radical (unpaired) electrons. The summed E-state index contributed by atoms with van der Waals surface area (Å²) in [5.41, 5.74) is 0. The van der Waals surface area contributed by atoms with Crippen LogP contribution >= 0.6 is 11.8 Å². The molecule has 120 valence electrons. The van der Waals surface area contributed by atoms with E-state index in [9.17, 15) is 9.59 Å². The Labute approximate surface area is 135 Å². The summed E-state index contributed by atoms with van der Waals surface area (Å²) in [5, 5.41) is 0. The molecule has 2 amide bonds. The van der Waals surface area contributed by atoms with Crippen molar-refractivity contribution < 1.29 is 14.3 Å². The third-order valence-electron chi connectivity index (χ3n) is 3.72. The van der Waals surface area contributed by atoms with Crippen LogP contribution < -0.4 is 4.74 Å². The van der Waals surface area contributed by atoms with Gasteiger partial charge in [-0.2, -0.15) is 0 Å². The van der Waals surface area contributed by atoms with Crippen LogP contribution in [0.25, 0.3) is 0 Å². The standard InChI is InChI=1S/C16H22N2O3S/c1-13(19)17-8-10-18(11-9-17)16(20)7-12-22-15-5-3-14(21-2)4-6-15/h3-6H,7-12H2,1-2H3. The highest BCUT2D eigenvalue weighted by Gasteiger charge is 2.21. The number of benzene rings is 1. The van der Waals surface area contributed by atoms with Crippen molar-refractivity contribution in [1.82, 2.24) is 9.80 Å². The van der Waals surface area contributed by atoms with Crippen molar-refractivity contribution in [2.24, 2.45) is 0 Å². The maximum atomic E-state index is 12.2. The molecular formula is C16H22N2O3S. The summed E-state index contributed by atoms with van der Waals surface area (Å²) >= 11 is 1.67. The van der Waals surface area contributed by atoms with Gasteiger partial charge in [0.15, 0.2) is 0 Å². The lowest BCUT2D eigenvalue weighted by atomic mass is 10.3. The molecule has 6 heteroatoms. The molecule has 1 aliphatic heterocycles. The summed E-state index contributed by atoms with van der Waals surface area (Å²) in [4.78, 5) is 28.2. The van der Waals surface area contributed by atoms with Crippen LogP contribution in [0.3, 0.4) is 0 Å². The van der Waals surface area contributed by atoms with Crippen molar-refractivity contribution in [2.45, 2.75) is 18.2 Å². The number of ether oxygens (including phenoxy) is 1. The van der Waals surface area contributed by atoms with Crippen molar-refractivity contribution in [3.05, 3.63) is 24.3 Å². The zero-order chi connectivity index (χ0) is 15.9. The summed E-state index contributed by atoms with van der Waals surface area (Å²) in [6, 6.07) is 7.84. The molecule has 0 aromatic heterocycles. The van der Waals surface area contributed by atoms with Gasteiger partial charge in [0, 0.05) is 50.2 Å². The van der Waals surface area contributed by atoms with E-state index in [0.717, 1.165) is 16.4 Å². The Morgan fingerprint density at radius 1 is 1.09 bits per heavy atom. The summed E-state index contributed by atoms with van der Waals surface area (Å²) in [5.74, 6) is 1.85. The molecule has 0 spiro atoms. The van der Waals surface area contributed by atoms with Gasteiger partial charge in [0.1, 0.15) is 5.75 Å². The second kappa shape index (κ2) is 8.08. The number of thioether (sulfide) groups is 1. The van der Waals surface area contributed by atoms with E-state index in [1.807, 2.05) is 29.2 Å². The number of hydrogen-bond acceptors (Lipinski definition) is 4. The average molecular weight is 322 g/mol. The number of amides is 2. The number of methoxy groups -OCH3 is 1. The molecule has 22 heavy (non-hydrogen) atoms. The SMILES string of the molecule is COc1ccc(SCCC(=O)N2CCN(C(C)=O)CC2)cc1. The Morgan fingerprint density at radius 2 is 1.68 bits per heavy atom. The van der Waals surface area contributed by atoms with Crippen LogP contribution in [0.4, 0.5) is 0 Å². The predicted octanol–water partition coefficient (Wildman–Crippen LogP) is 1.87. The van der Waals surface area contributed by atoms with Crippen LogP contribution in [0, 0.1) is 0 Å². The number of carbonyl (C=O) groups is 2. The van der Waals surface area contributed by atoms with Crippen LogP contribution in [0.15, 0.2) is 29.2 Å². The smallest absolute Gasteiger partial charge is 0.223 e. The van der Waals surface area contributed by atoms with E-state index in [1.54, 1.807) is 30.7 Å². The lowest BCUT2D eigenvalue weighted by molar-refractivity contribution is -0.138. The van der Waals surface area contributed by atoms with Crippen LogP contribution in [0.2, 0.25) is 0 Å². The number of rotatable bonds is 5. The molecular weight excluding hydrogens is 300 g/mol. The van der Waals surface area contributed by atoms with Crippen LogP contribution in [0.5, 0.6) is 5.75 Å². The zero-order valence-corrected chi connectivity index (χ0v) is 13.9. The first kappa shape index (κ1) is 16.7. The van der Waals surface area contributed by atoms with E-state index >= 15 is 0 Å². The molecule has 0 unspecified atom stereocenters. The topological polar surface area (TPSA) is 49.9 Å². The molecule has 0 aliphatic carbocycles. The van der Waals surface area contributed by atoms with Gasteiger partial charge in [-0.25, -0.2) is 0 Å². The fourth-order valence-corrected chi connectivity index (χ4v) is 3.20. The van der Waals surface area contributed by atoms with Crippen molar-refractivity contribution in [2.75, 3.05) is 39.0 Å². The largest absolute Gasteiger partial charge is 0.497 e. The fourth-order valence-electron chi connectivity index (χ4n) is 2.36. The molecule has 0 atom stereocenters.